The van der Waals surface area contributed by atoms with Crippen LogP contribution in [0.2, 0.25) is 0 Å². The summed E-state index contributed by atoms with van der Waals surface area (Å²) in [5.41, 5.74) is 4.43. The van der Waals surface area contributed by atoms with Crippen molar-refractivity contribution in [3.63, 3.8) is 0 Å². The fourth-order valence-corrected chi connectivity index (χ4v) is 3.50. The molecule has 0 radical (unpaired) electrons. The molecule has 0 saturated carbocycles. The van der Waals surface area contributed by atoms with Gasteiger partial charge in [0.05, 0.1) is 11.7 Å². The Morgan fingerprint density at radius 2 is 1.88 bits per heavy atom. The van der Waals surface area contributed by atoms with E-state index in [0.29, 0.717) is 6.04 Å². The third-order valence-electron chi connectivity index (χ3n) is 4.80. The normalized spacial score (nSPS) is 16.3. The molecular formula is C19H26N4O. The van der Waals surface area contributed by atoms with Crippen molar-refractivity contribution >= 4 is 5.91 Å². The van der Waals surface area contributed by atoms with E-state index in [1.54, 1.807) is 0 Å². The molecule has 1 aliphatic heterocycles. The molecule has 128 valence electrons. The Labute approximate surface area is 143 Å². The molecule has 1 saturated heterocycles. The maximum Gasteiger partial charge on any atom is 0.244 e. The molecule has 3 rings (SSSR count). The summed E-state index contributed by atoms with van der Waals surface area (Å²) in [6, 6.07) is 10.3. The molecule has 0 bridgehead atoms. The molecule has 0 unspecified atom stereocenters. The van der Waals surface area contributed by atoms with Crippen LogP contribution >= 0.6 is 0 Å². The number of hydrogen-bond donors (Lipinski definition) is 0. The SMILES string of the molecule is Cc1cc(C)n(C2CN(C(=O)[C@@H](c3ccccc3C)N(C)C)C2)n1. The number of benzene rings is 1. The van der Waals surface area contributed by atoms with Crippen LogP contribution < -0.4 is 0 Å². The summed E-state index contributed by atoms with van der Waals surface area (Å²) < 4.78 is 2.05. The summed E-state index contributed by atoms with van der Waals surface area (Å²) in [5, 5.41) is 4.55. The second kappa shape index (κ2) is 6.40. The van der Waals surface area contributed by atoms with Crippen LogP contribution in [0.15, 0.2) is 30.3 Å². The van der Waals surface area contributed by atoms with Crippen LogP contribution in [-0.4, -0.2) is 52.7 Å². The molecule has 5 heteroatoms. The Kier molecular flexibility index (Phi) is 4.45. The number of hydrogen-bond acceptors (Lipinski definition) is 3. The summed E-state index contributed by atoms with van der Waals surface area (Å²) in [6.45, 7) is 7.60. The smallest absolute Gasteiger partial charge is 0.244 e. The van der Waals surface area contributed by atoms with E-state index in [2.05, 4.69) is 41.8 Å². The largest absolute Gasteiger partial charge is 0.337 e. The molecule has 1 aliphatic rings. The van der Waals surface area contributed by atoms with Gasteiger partial charge in [0.2, 0.25) is 5.91 Å². The highest BCUT2D eigenvalue weighted by molar-refractivity contribution is 5.84. The number of carbonyl (C=O) groups is 1. The quantitative estimate of drug-likeness (QED) is 0.867. The molecule has 0 aliphatic carbocycles. The van der Waals surface area contributed by atoms with Gasteiger partial charge in [-0.15, -0.1) is 0 Å². The van der Waals surface area contributed by atoms with Crippen molar-refractivity contribution in [3.05, 3.63) is 52.8 Å². The zero-order valence-electron chi connectivity index (χ0n) is 15.2. The van der Waals surface area contributed by atoms with Crippen LogP contribution in [-0.2, 0) is 4.79 Å². The number of rotatable bonds is 4. The first-order valence-electron chi connectivity index (χ1n) is 8.42. The Hall–Kier alpha value is -2.14. The second-order valence-corrected chi connectivity index (χ2v) is 6.99. The van der Waals surface area contributed by atoms with E-state index in [9.17, 15) is 4.79 Å². The predicted octanol–water partition coefficient (Wildman–Crippen LogP) is 2.49. The Bertz CT molecular complexity index is 744. The summed E-state index contributed by atoms with van der Waals surface area (Å²) in [4.78, 5) is 17.0. The van der Waals surface area contributed by atoms with Gasteiger partial charge in [-0.1, -0.05) is 24.3 Å². The molecule has 1 aromatic carbocycles. The highest BCUT2D eigenvalue weighted by atomic mass is 16.2. The van der Waals surface area contributed by atoms with Crippen LogP contribution in [0.1, 0.15) is 34.6 Å². The Morgan fingerprint density at radius 3 is 2.42 bits per heavy atom. The molecule has 24 heavy (non-hydrogen) atoms. The van der Waals surface area contributed by atoms with E-state index in [0.717, 1.165) is 35.6 Å². The maximum absolute atomic E-state index is 13.0. The summed E-state index contributed by atoms with van der Waals surface area (Å²) in [7, 11) is 3.93. The lowest BCUT2D eigenvalue weighted by Crippen LogP contribution is -2.54. The van der Waals surface area contributed by atoms with Gasteiger partial charge in [0, 0.05) is 18.8 Å². The highest BCUT2D eigenvalue weighted by Crippen LogP contribution is 2.29. The van der Waals surface area contributed by atoms with Gasteiger partial charge in [0.15, 0.2) is 0 Å². The lowest BCUT2D eigenvalue weighted by molar-refractivity contribution is -0.142. The van der Waals surface area contributed by atoms with Crippen LogP contribution in [0.5, 0.6) is 0 Å². The van der Waals surface area contributed by atoms with E-state index in [4.69, 9.17) is 0 Å². The lowest BCUT2D eigenvalue weighted by atomic mass is 9.97. The maximum atomic E-state index is 13.0. The minimum Gasteiger partial charge on any atom is -0.337 e. The zero-order valence-corrected chi connectivity index (χ0v) is 15.2. The molecule has 1 atom stereocenters. The monoisotopic (exact) mass is 326 g/mol. The molecular weight excluding hydrogens is 300 g/mol. The van der Waals surface area contributed by atoms with Gasteiger partial charge >= 0.3 is 0 Å². The third-order valence-corrected chi connectivity index (χ3v) is 4.80. The molecule has 2 aromatic rings. The van der Waals surface area contributed by atoms with Gasteiger partial charge in [-0.2, -0.15) is 5.10 Å². The lowest BCUT2D eigenvalue weighted by Gasteiger charge is -2.42. The predicted molar refractivity (Wildman–Crippen MR) is 94.9 cm³/mol. The molecule has 1 amide bonds. The van der Waals surface area contributed by atoms with Crippen LogP contribution in [0.4, 0.5) is 0 Å². The highest BCUT2D eigenvalue weighted by Gasteiger charge is 2.38. The minimum atomic E-state index is -0.229. The van der Waals surface area contributed by atoms with Crippen LogP contribution in [0.3, 0.4) is 0 Å². The minimum absolute atomic E-state index is 0.173. The third kappa shape index (κ3) is 2.96. The van der Waals surface area contributed by atoms with E-state index in [1.165, 1.54) is 0 Å². The van der Waals surface area contributed by atoms with E-state index < -0.39 is 0 Å². The first kappa shape index (κ1) is 16.7. The van der Waals surface area contributed by atoms with Crippen LogP contribution in [0.25, 0.3) is 0 Å². The number of carbonyl (C=O) groups excluding carboxylic acids is 1. The number of amides is 1. The van der Waals surface area contributed by atoms with Crippen molar-refractivity contribution in [1.29, 1.82) is 0 Å². The topological polar surface area (TPSA) is 41.4 Å². The molecule has 0 N–H and O–H groups in total. The molecule has 0 spiro atoms. The standard InChI is InChI=1S/C19H26N4O/c1-13-8-6-7-9-17(13)18(21(4)5)19(24)22-11-16(12-22)23-15(3)10-14(2)20-23/h6-10,16,18H,11-12H2,1-5H3/t18-/m1/s1. The van der Waals surface area contributed by atoms with Gasteiger partial charge in [-0.05, 0) is 52.1 Å². The van der Waals surface area contributed by atoms with Crippen molar-refractivity contribution in [2.45, 2.75) is 32.9 Å². The van der Waals surface area contributed by atoms with Gasteiger partial charge in [0.25, 0.3) is 0 Å². The Balaban J connectivity index is 1.74. The fraction of sp³-hybridized carbons (Fsp3) is 0.474. The first-order valence-corrected chi connectivity index (χ1v) is 8.42. The number of nitrogens with zero attached hydrogens (tertiary/aromatic N) is 4. The molecule has 1 fully saturated rings. The van der Waals surface area contributed by atoms with E-state index >= 15 is 0 Å². The second-order valence-electron chi connectivity index (χ2n) is 6.99. The van der Waals surface area contributed by atoms with Gasteiger partial charge in [-0.3, -0.25) is 14.4 Å². The first-order chi connectivity index (χ1) is 11.4. The summed E-state index contributed by atoms with van der Waals surface area (Å²) in [6.07, 6.45) is 0. The zero-order chi connectivity index (χ0) is 17.4. The number of aryl methyl sites for hydroxylation is 3. The van der Waals surface area contributed by atoms with Gasteiger partial charge in [-0.25, -0.2) is 0 Å². The van der Waals surface area contributed by atoms with Crippen molar-refractivity contribution in [1.82, 2.24) is 19.6 Å². The average Bonchev–Trinajstić information content (AvgIpc) is 2.78. The van der Waals surface area contributed by atoms with Crippen molar-refractivity contribution in [3.8, 4) is 0 Å². The number of likely N-dealkylation sites (tertiary alicyclic amines) is 1. The van der Waals surface area contributed by atoms with Crippen LogP contribution in [0, 0.1) is 20.8 Å². The average molecular weight is 326 g/mol. The summed E-state index contributed by atoms with van der Waals surface area (Å²) >= 11 is 0. The number of aromatic nitrogens is 2. The fourth-order valence-electron chi connectivity index (χ4n) is 3.50. The Morgan fingerprint density at radius 1 is 1.21 bits per heavy atom. The van der Waals surface area contributed by atoms with E-state index in [-0.39, 0.29) is 11.9 Å². The summed E-state index contributed by atoms with van der Waals surface area (Å²) in [5.74, 6) is 0.173. The molecule has 5 nitrogen and oxygen atoms in total. The van der Waals surface area contributed by atoms with Crippen molar-refractivity contribution in [2.75, 3.05) is 27.2 Å². The van der Waals surface area contributed by atoms with Gasteiger partial charge < -0.3 is 4.90 Å². The van der Waals surface area contributed by atoms with E-state index in [1.807, 2.05) is 43.0 Å². The molecule has 2 heterocycles. The molecule has 1 aromatic heterocycles. The van der Waals surface area contributed by atoms with Gasteiger partial charge in [0.1, 0.15) is 6.04 Å². The van der Waals surface area contributed by atoms with Crippen molar-refractivity contribution < 1.29 is 4.79 Å². The number of likely N-dealkylation sites (N-methyl/N-ethyl adjacent to an activating group) is 1. The van der Waals surface area contributed by atoms with Crippen molar-refractivity contribution in [2.24, 2.45) is 0 Å².